The van der Waals surface area contributed by atoms with E-state index >= 15 is 0 Å². The van der Waals surface area contributed by atoms with Gasteiger partial charge >= 0.3 is 0 Å². The third-order valence-electron chi connectivity index (χ3n) is 4.98. The van der Waals surface area contributed by atoms with Crippen molar-refractivity contribution in [1.29, 1.82) is 0 Å². The van der Waals surface area contributed by atoms with Gasteiger partial charge in [0.2, 0.25) is 5.76 Å². The number of aromatic amines is 1. The van der Waals surface area contributed by atoms with Gasteiger partial charge in [0.25, 0.3) is 11.7 Å². The molecule has 7 nitrogen and oxygen atoms in total. The van der Waals surface area contributed by atoms with Crippen molar-refractivity contribution in [2.75, 3.05) is 0 Å². The molecule has 0 saturated carbocycles. The Labute approximate surface area is 170 Å². The molecule has 0 unspecified atom stereocenters. The molecule has 0 saturated heterocycles. The Morgan fingerprint density at radius 3 is 2.70 bits per heavy atom. The van der Waals surface area contributed by atoms with E-state index in [4.69, 9.17) is 8.94 Å². The van der Waals surface area contributed by atoms with Crippen LogP contribution in [0.2, 0.25) is 0 Å². The molecule has 0 fully saturated rings. The molecule has 148 valence electrons. The number of aromatic nitrogens is 2. The summed E-state index contributed by atoms with van der Waals surface area (Å²) in [6, 6.07) is 18.6. The molecule has 0 spiro atoms. The van der Waals surface area contributed by atoms with Gasteiger partial charge in [-0.05, 0) is 25.1 Å². The smallest absolute Gasteiger partial charge is 0.292 e. The van der Waals surface area contributed by atoms with Crippen LogP contribution >= 0.6 is 0 Å². The van der Waals surface area contributed by atoms with E-state index in [2.05, 4.69) is 15.5 Å². The molecule has 2 N–H and O–H groups in total. The summed E-state index contributed by atoms with van der Waals surface area (Å²) in [4.78, 5) is 28.3. The van der Waals surface area contributed by atoms with E-state index in [0.29, 0.717) is 28.5 Å². The minimum Gasteiger partial charge on any atom is -0.453 e. The van der Waals surface area contributed by atoms with Crippen LogP contribution in [-0.2, 0) is 11.3 Å². The number of nitrogens with one attached hydrogen (secondary N) is 2. The van der Waals surface area contributed by atoms with Crippen LogP contribution in [0.1, 0.15) is 21.7 Å². The van der Waals surface area contributed by atoms with Gasteiger partial charge in [0, 0.05) is 28.0 Å². The van der Waals surface area contributed by atoms with Crippen molar-refractivity contribution < 1.29 is 18.5 Å². The number of carbonyl (C=O) groups excluding carboxylic acids is 2. The van der Waals surface area contributed by atoms with Crippen molar-refractivity contribution in [2.45, 2.75) is 13.5 Å². The Morgan fingerprint density at radius 1 is 1.03 bits per heavy atom. The van der Waals surface area contributed by atoms with E-state index in [-0.39, 0.29) is 6.54 Å². The minimum absolute atomic E-state index is 0.0652. The summed E-state index contributed by atoms with van der Waals surface area (Å²) in [5.74, 6) is -0.289. The van der Waals surface area contributed by atoms with Crippen LogP contribution in [0.15, 0.2) is 69.6 Å². The summed E-state index contributed by atoms with van der Waals surface area (Å²) < 4.78 is 11.1. The fraction of sp³-hybridized carbons (Fsp3) is 0.0870. The van der Waals surface area contributed by atoms with Gasteiger partial charge in [0.1, 0.15) is 11.3 Å². The molecule has 0 aliphatic rings. The first-order valence-electron chi connectivity index (χ1n) is 9.44. The molecule has 2 aromatic carbocycles. The summed E-state index contributed by atoms with van der Waals surface area (Å²) >= 11 is 0. The normalized spacial score (nSPS) is 11.2. The van der Waals surface area contributed by atoms with Crippen molar-refractivity contribution >= 4 is 33.6 Å². The number of para-hydroxylation sites is 2. The van der Waals surface area contributed by atoms with Crippen LogP contribution in [0, 0.1) is 6.92 Å². The van der Waals surface area contributed by atoms with E-state index in [1.807, 2.05) is 54.6 Å². The van der Waals surface area contributed by atoms with Gasteiger partial charge in [-0.3, -0.25) is 9.59 Å². The second kappa shape index (κ2) is 7.04. The van der Waals surface area contributed by atoms with Crippen LogP contribution in [0.5, 0.6) is 0 Å². The Morgan fingerprint density at radius 2 is 1.83 bits per heavy atom. The summed E-state index contributed by atoms with van der Waals surface area (Å²) in [6.45, 7) is 1.84. The summed E-state index contributed by atoms with van der Waals surface area (Å²) in [6.07, 6.45) is 0. The highest BCUT2D eigenvalue weighted by Crippen LogP contribution is 2.28. The van der Waals surface area contributed by atoms with Crippen LogP contribution in [0.25, 0.3) is 33.4 Å². The number of Topliss-reactive ketones (excluding diaryl/α,β-unsaturated/α-hetero) is 1. The third-order valence-corrected chi connectivity index (χ3v) is 4.98. The number of aryl methyl sites for hydroxylation is 1. The summed E-state index contributed by atoms with van der Waals surface area (Å²) in [5, 5.41) is 8.25. The maximum absolute atomic E-state index is 12.7. The second-order valence-electron chi connectivity index (χ2n) is 7.01. The highest BCUT2D eigenvalue weighted by Gasteiger charge is 2.23. The molecular weight excluding hydrogens is 382 g/mol. The van der Waals surface area contributed by atoms with Crippen molar-refractivity contribution in [3.8, 4) is 11.5 Å². The van der Waals surface area contributed by atoms with Crippen LogP contribution in [-0.4, -0.2) is 21.8 Å². The van der Waals surface area contributed by atoms with E-state index in [1.54, 1.807) is 13.0 Å². The fourth-order valence-electron chi connectivity index (χ4n) is 3.55. The molecule has 0 bridgehead atoms. The number of rotatable bonds is 5. The lowest BCUT2D eigenvalue weighted by Crippen LogP contribution is -2.31. The van der Waals surface area contributed by atoms with Gasteiger partial charge in [-0.15, -0.1) is 0 Å². The van der Waals surface area contributed by atoms with Gasteiger partial charge < -0.3 is 19.2 Å². The first-order valence-corrected chi connectivity index (χ1v) is 9.44. The zero-order chi connectivity index (χ0) is 20.7. The number of fused-ring (bicyclic) bond motifs is 2. The van der Waals surface area contributed by atoms with Gasteiger partial charge in [0.15, 0.2) is 5.76 Å². The van der Waals surface area contributed by atoms with Crippen LogP contribution in [0.3, 0.4) is 0 Å². The zero-order valence-corrected chi connectivity index (χ0v) is 16.1. The molecule has 5 aromatic rings. The molecule has 5 rings (SSSR count). The summed E-state index contributed by atoms with van der Waals surface area (Å²) in [5.41, 5.74) is 3.09. The highest BCUT2D eigenvalue weighted by atomic mass is 16.5. The van der Waals surface area contributed by atoms with Crippen molar-refractivity contribution in [1.82, 2.24) is 15.5 Å². The summed E-state index contributed by atoms with van der Waals surface area (Å²) in [7, 11) is 0. The van der Waals surface area contributed by atoms with Crippen LogP contribution < -0.4 is 5.32 Å². The molecule has 30 heavy (non-hydrogen) atoms. The number of hydrogen-bond donors (Lipinski definition) is 2. The predicted molar refractivity (Wildman–Crippen MR) is 111 cm³/mol. The number of carbonyl (C=O) groups is 2. The topological polar surface area (TPSA) is 101 Å². The Bertz CT molecular complexity index is 1370. The van der Waals surface area contributed by atoms with E-state index in [1.165, 1.54) is 0 Å². The highest BCUT2D eigenvalue weighted by molar-refractivity contribution is 6.45. The number of furan rings is 1. The number of H-pyrrole nitrogens is 1. The molecule has 0 aliphatic carbocycles. The number of ketones is 1. The molecule has 0 aliphatic heterocycles. The van der Waals surface area contributed by atoms with E-state index in [0.717, 1.165) is 21.9 Å². The first kappa shape index (κ1) is 17.9. The second-order valence-corrected chi connectivity index (χ2v) is 7.01. The third kappa shape index (κ3) is 3.06. The van der Waals surface area contributed by atoms with Crippen molar-refractivity contribution in [2.24, 2.45) is 0 Å². The minimum atomic E-state index is -0.698. The Balaban J connectivity index is 1.31. The largest absolute Gasteiger partial charge is 0.453 e. The molecular formula is C23H17N3O4. The first-order chi connectivity index (χ1) is 14.6. The lowest BCUT2D eigenvalue weighted by atomic mass is 10.1. The fourth-order valence-corrected chi connectivity index (χ4v) is 3.55. The number of nitrogens with zero attached hydrogens (tertiary/aromatic N) is 1. The van der Waals surface area contributed by atoms with Crippen molar-refractivity contribution in [3.05, 3.63) is 77.6 Å². The quantitative estimate of drug-likeness (QED) is 0.337. The molecule has 7 heteroatoms. The van der Waals surface area contributed by atoms with Crippen LogP contribution in [0.4, 0.5) is 0 Å². The lowest BCUT2D eigenvalue weighted by Gasteiger charge is -2.02. The number of hydrogen-bond acceptors (Lipinski definition) is 5. The Hall–Kier alpha value is -4.13. The average molecular weight is 399 g/mol. The van der Waals surface area contributed by atoms with E-state index in [9.17, 15) is 9.59 Å². The lowest BCUT2D eigenvalue weighted by molar-refractivity contribution is -0.117. The SMILES string of the molecule is Cc1[nH]c2ccccc2c1C(=O)C(=O)NCc1cc(-c2cc3ccccc3o2)on1. The maximum atomic E-state index is 12.7. The Kier molecular flexibility index (Phi) is 4.21. The molecule has 0 atom stereocenters. The predicted octanol–water partition coefficient (Wildman–Crippen LogP) is 4.38. The molecule has 3 aromatic heterocycles. The molecule has 0 radical (unpaired) electrons. The monoisotopic (exact) mass is 399 g/mol. The average Bonchev–Trinajstić information content (AvgIpc) is 3.46. The van der Waals surface area contributed by atoms with Gasteiger partial charge in [0.05, 0.1) is 12.1 Å². The zero-order valence-electron chi connectivity index (χ0n) is 16.1. The van der Waals surface area contributed by atoms with Gasteiger partial charge in [-0.2, -0.15) is 0 Å². The van der Waals surface area contributed by atoms with Gasteiger partial charge in [-0.25, -0.2) is 0 Å². The van der Waals surface area contributed by atoms with E-state index < -0.39 is 11.7 Å². The molecule has 1 amide bonds. The van der Waals surface area contributed by atoms with Gasteiger partial charge in [-0.1, -0.05) is 41.6 Å². The number of amides is 1. The van der Waals surface area contributed by atoms with Crippen molar-refractivity contribution in [3.63, 3.8) is 0 Å². The molecule has 3 heterocycles. The number of benzene rings is 2. The maximum Gasteiger partial charge on any atom is 0.292 e. The standard InChI is InChI=1S/C23H17N3O4/c1-13-21(16-7-3-4-8-17(16)25-13)22(27)23(28)24-12-15-11-20(30-26-15)19-10-14-6-2-5-9-18(14)29-19/h2-11,25H,12H2,1H3,(H,24,28).